The Labute approximate surface area is 158 Å². The Hall–Kier alpha value is -3.19. The Balaban J connectivity index is 1.56. The molecule has 1 aromatic heterocycles. The van der Waals surface area contributed by atoms with Gasteiger partial charge in [0.25, 0.3) is 11.8 Å². The molecule has 6 nitrogen and oxygen atoms in total. The van der Waals surface area contributed by atoms with Gasteiger partial charge in [0, 0.05) is 16.1 Å². The van der Waals surface area contributed by atoms with Crippen LogP contribution in [0.3, 0.4) is 0 Å². The number of hydrazine groups is 1. The molecule has 7 heteroatoms. The van der Waals surface area contributed by atoms with Crippen molar-refractivity contribution < 1.29 is 9.59 Å². The van der Waals surface area contributed by atoms with Gasteiger partial charge in [-0.05, 0) is 23.8 Å². The lowest BCUT2D eigenvalue weighted by Gasteiger charge is -2.03. The normalized spacial score (nSPS) is 10.7. The molecule has 0 aliphatic heterocycles. The van der Waals surface area contributed by atoms with Crippen LogP contribution in [0.5, 0.6) is 0 Å². The van der Waals surface area contributed by atoms with E-state index in [-0.39, 0.29) is 5.69 Å². The summed E-state index contributed by atoms with van der Waals surface area (Å²) in [6, 6.07) is 18.6. The van der Waals surface area contributed by atoms with E-state index in [1.54, 1.807) is 12.1 Å². The third-order valence-electron chi connectivity index (χ3n) is 3.51. The topological polar surface area (TPSA) is 86.9 Å². The van der Waals surface area contributed by atoms with Gasteiger partial charge in [0.1, 0.15) is 5.69 Å². The van der Waals surface area contributed by atoms with Crippen molar-refractivity contribution in [2.24, 2.45) is 0 Å². The summed E-state index contributed by atoms with van der Waals surface area (Å²) in [5, 5.41) is 6.76. The molecule has 0 bridgehead atoms. The van der Waals surface area contributed by atoms with Crippen LogP contribution < -0.4 is 10.9 Å². The first-order valence-corrected chi connectivity index (χ1v) is 8.56. The standard InChI is InChI=1S/C19H15BrN4O2/c20-15-9-5-4-6-13(15)10-11-18(25)23-24-19(26)17-12-16(21-22-17)14-7-2-1-3-8-14/h1-12H,(H,21,22)(H,23,25)(H,24,26)/b11-10+. The maximum absolute atomic E-state index is 12.1. The van der Waals surface area contributed by atoms with Crippen LogP contribution in [0.4, 0.5) is 0 Å². The summed E-state index contributed by atoms with van der Waals surface area (Å²) in [6.07, 6.45) is 2.98. The number of nitrogens with zero attached hydrogens (tertiary/aromatic N) is 1. The Bertz CT molecular complexity index is 951. The zero-order chi connectivity index (χ0) is 18.4. The number of aromatic nitrogens is 2. The van der Waals surface area contributed by atoms with Gasteiger partial charge in [-0.1, -0.05) is 64.5 Å². The van der Waals surface area contributed by atoms with Crippen LogP contribution >= 0.6 is 15.9 Å². The van der Waals surface area contributed by atoms with E-state index >= 15 is 0 Å². The van der Waals surface area contributed by atoms with Crippen LogP contribution in [0.25, 0.3) is 17.3 Å². The lowest BCUT2D eigenvalue weighted by molar-refractivity contribution is -0.117. The molecular weight excluding hydrogens is 396 g/mol. The maximum Gasteiger partial charge on any atom is 0.287 e. The monoisotopic (exact) mass is 410 g/mol. The number of rotatable bonds is 4. The number of hydrogen-bond donors (Lipinski definition) is 3. The van der Waals surface area contributed by atoms with Gasteiger partial charge in [-0.15, -0.1) is 0 Å². The number of amides is 2. The van der Waals surface area contributed by atoms with E-state index in [0.717, 1.165) is 15.6 Å². The lowest BCUT2D eigenvalue weighted by Crippen LogP contribution is -2.40. The molecule has 0 radical (unpaired) electrons. The van der Waals surface area contributed by atoms with E-state index in [1.807, 2.05) is 54.6 Å². The first-order valence-electron chi connectivity index (χ1n) is 7.77. The number of benzene rings is 2. The van der Waals surface area contributed by atoms with Crippen molar-refractivity contribution in [2.75, 3.05) is 0 Å². The summed E-state index contributed by atoms with van der Waals surface area (Å²) in [5.74, 6) is -0.931. The van der Waals surface area contributed by atoms with Gasteiger partial charge in [0.15, 0.2) is 0 Å². The van der Waals surface area contributed by atoms with Crippen LogP contribution in [0, 0.1) is 0 Å². The van der Waals surface area contributed by atoms with Gasteiger partial charge in [-0.25, -0.2) is 0 Å². The summed E-state index contributed by atoms with van der Waals surface area (Å²) in [5.41, 5.74) is 7.32. The fourth-order valence-corrected chi connectivity index (χ4v) is 2.61. The Morgan fingerprint density at radius 1 is 1.00 bits per heavy atom. The smallest absolute Gasteiger partial charge is 0.272 e. The molecule has 3 rings (SSSR count). The summed E-state index contributed by atoms with van der Waals surface area (Å²) >= 11 is 3.40. The first kappa shape index (κ1) is 17.6. The molecule has 0 spiro atoms. The number of carbonyl (C=O) groups excluding carboxylic acids is 2. The van der Waals surface area contributed by atoms with Gasteiger partial charge in [-0.3, -0.25) is 25.5 Å². The Kier molecular flexibility index (Phi) is 5.60. The van der Waals surface area contributed by atoms with Crippen molar-refractivity contribution in [3.05, 3.63) is 82.5 Å². The van der Waals surface area contributed by atoms with Gasteiger partial charge in [-0.2, -0.15) is 5.10 Å². The maximum atomic E-state index is 12.1. The van der Waals surface area contributed by atoms with E-state index < -0.39 is 11.8 Å². The van der Waals surface area contributed by atoms with Crippen LogP contribution in [0.2, 0.25) is 0 Å². The molecule has 130 valence electrons. The van der Waals surface area contributed by atoms with Crippen molar-refractivity contribution >= 4 is 33.8 Å². The summed E-state index contributed by atoms with van der Waals surface area (Å²) in [6.45, 7) is 0. The van der Waals surface area contributed by atoms with E-state index in [1.165, 1.54) is 6.08 Å². The minimum atomic E-state index is -0.484. The average molecular weight is 411 g/mol. The van der Waals surface area contributed by atoms with E-state index in [0.29, 0.717) is 5.69 Å². The average Bonchev–Trinajstić information content (AvgIpc) is 3.16. The predicted octanol–water partition coefficient (Wildman–Crippen LogP) is 3.31. The molecule has 3 N–H and O–H groups in total. The Morgan fingerprint density at radius 3 is 2.50 bits per heavy atom. The molecule has 2 amide bonds. The van der Waals surface area contributed by atoms with Crippen LogP contribution in [-0.2, 0) is 4.79 Å². The molecule has 1 heterocycles. The second kappa shape index (κ2) is 8.26. The second-order valence-corrected chi connectivity index (χ2v) is 6.19. The van der Waals surface area contributed by atoms with Crippen molar-refractivity contribution in [3.8, 4) is 11.3 Å². The third-order valence-corrected chi connectivity index (χ3v) is 4.23. The first-order chi connectivity index (χ1) is 12.6. The van der Waals surface area contributed by atoms with Crippen molar-refractivity contribution in [1.82, 2.24) is 21.0 Å². The fraction of sp³-hybridized carbons (Fsp3) is 0. The predicted molar refractivity (Wildman–Crippen MR) is 103 cm³/mol. The fourth-order valence-electron chi connectivity index (χ4n) is 2.20. The SMILES string of the molecule is O=C(/C=C/c1ccccc1Br)NNC(=O)c1cc(-c2ccccc2)n[nH]1. The zero-order valence-corrected chi connectivity index (χ0v) is 15.2. The number of H-pyrrole nitrogens is 1. The highest BCUT2D eigenvalue weighted by molar-refractivity contribution is 9.10. The summed E-state index contributed by atoms with van der Waals surface area (Å²) in [4.78, 5) is 23.9. The molecule has 0 unspecified atom stereocenters. The van der Waals surface area contributed by atoms with Crippen LogP contribution in [0.15, 0.2) is 71.2 Å². The van der Waals surface area contributed by atoms with Gasteiger partial charge >= 0.3 is 0 Å². The van der Waals surface area contributed by atoms with Crippen LogP contribution in [-0.4, -0.2) is 22.0 Å². The molecule has 3 aromatic rings. The summed E-state index contributed by atoms with van der Waals surface area (Å²) < 4.78 is 0.874. The number of halogens is 1. The van der Waals surface area contributed by atoms with Gasteiger partial charge < -0.3 is 0 Å². The summed E-state index contributed by atoms with van der Waals surface area (Å²) in [7, 11) is 0. The minimum absolute atomic E-state index is 0.249. The lowest BCUT2D eigenvalue weighted by atomic mass is 10.1. The van der Waals surface area contributed by atoms with Gasteiger partial charge in [0.2, 0.25) is 0 Å². The van der Waals surface area contributed by atoms with Gasteiger partial charge in [0.05, 0.1) is 5.69 Å². The molecule has 0 fully saturated rings. The van der Waals surface area contributed by atoms with E-state index in [2.05, 4.69) is 37.0 Å². The molecule has 0 saturated carbocycles. The van der Waals surface area contributed by atoms with Crippen molar-refractivity contribution in [1.29, 1.82) is 0 Å². The molecule has 0 aliphatic rings. The molecule has 0 atom stereocenters. The molecular formula is C19H15BrN4O2. The van der Waals surface area contributed by atoms with Crippen molar-refractivity contribution in [3.63, 3.8) is 0 Å². The highest BCUT2D eigenvalue weighted by atomic mass is 79.9. The largest absolute Gasteiger partial charge is 0.287 e. The van der Waals surface area contributed by atoms with Crippen LogP contribution in [0.1, 0.15) is 16.1 Å². The second-order valence-electron chi connectivity index (χ2n) is 5.33. The van der Waals surface area contributed by atoms with Crippen molar-refractivity contribution in [2.45, 2.75) is 0 Å². The quantitative estimate of drug-likeness (QED) is 0.455. The van der Waals surface area contributed by atoms with E-state index in [9.17, 15) is 9.59 Å². The van der Waals surface area contributed by atoms with E-state index in [4.69, 9.17) is 0 Å². The zero-order valence-electron chi connectivity index (χ0n) is 13.6. The molecule has 0 aliphatic carbocycles. The number of nitrogens with one attached hydrogen (secondary N) is 3. The molecule has 0 saturated heterocycles. The molecule has 26 heavy (non-hydrogen) atoms. The molecule has 2 aromatic carbocycles. The number of aromatic amines is 1. The third kappa shape index (κ3) is 4.46. The number of carbonyl (C=O) groups is 2. The number of hydrogen-bond acceptors (Lipinski definition) is 3. The minimum Gasteiger partial charge on any atom is -0.272 e. The Morgan fingerprint density at radius 2 is 1.73 bits per heavy atom. The highest BCUT2D eigenvalue weighted by Gasteiger charge is 2.11. The highest BCUT2D eigenvalue weighted by Crippen LogP contribution is 2.17.